The van der Waals surface area contributed by atoms with E-state index in [0.29, 0.717) is 6.42 Å². The van der Waals surface area contributed by atoms with Gasteiger partial charge in [0.2, 0.25) is 5.91 Å². The summed E-state index contributed by atoms with van der Waals surface area (Å²) in [5.41, 5.74) is 4.59. The van der Waals surface area contributed by atoms with Crippen molar-refractivity contribution in [1.82, 2.24) is 0 Å². The highest BCUT2D eigenvalue weighted by molar-refractivity contribution is 5.77. The number of amides is 1. The van der Waals surface area contributed by atoms with Gasteiger partial charge in [-0.3, -0.25) is 9.59 Å². The summed E-state index contributed by atoms with van der Waals surface area (Å²) in [6, 6.07) is 0. The molecular weight excluding hydrogens is 182 g/mol. The summed E-state index contributed by atoms with van der Waals surface area (Å²) in [4.78, 5) is 21.9. The Bertz CT molecular complexity index is 218. The molecule has 1 amide bonds. The zero-order valence-electron chi connectivity index (χ0n) is 9.29. The number of carbonyl (C=O) groups is 2. The minimum absolute atomic E-state index is 0.237. The fraction of sp³-hybridized carbons (Fsp3) is 0.800. The molecule has 4 nitrogen and oxygen atoms in total. The summed E-state index contributed by atoms with van der Waals surface area (Å²) in [7, 11) is 0. The smallest absolute Gasteiger partial charge is 0.306 e. The van der Waals surface area contributed by atoms with Crippen molar-refractivity contribution in [2.45, 2.75) is 46.1 Å². The molecule has 2 N–H and O–H groups in total. The molecule has 0 aliphatic heterocycles. The minimum atomic E-state index is -0.465. The molecule has 82 valence electrons. The lowest BCUT2D eigenvalue weighted by molar-refractivity contribution is -0.155. The third kappa shape index (κ3) is 6.46. The molecule has 0 unspecified atom stereocenters. The van der Waals surface area contributed by atoms with Gasteiger partial charge in [0.05, 0.1) is 0 Å². The first-order valence-electron chi connectivity index (χ1n) is 4.73. The van der Waals surface area contributed by atoms with E-state index < -0.39 is 5.60 Å². The Labute approximate surface area is 84.8 Å². The zero-order chi connectivity index (χ0) is 11.4. The maximum Gasteiger partial charge on any atom is 0.306 e. The molecule has 0 aliphatic carbocycles. The van der Waals surface area contributed by atoms with Crippen LogP contribution in [0.15, 0.2) is 0 Å². The third-order valence-corrected chi connectivity index (χ3v) is 1.69. The molecule has 0 spiro atoms. The van der Waals surface area contributed by atoms with E-state index in [-0.39, 0.29) is 24.2 Å². The van der Waals surface area contributed by atoms with Gasteiger partial charge in [0.1, 0.15) is 5.60 Å². The van der Waals surface area contributed by atoms with E-state index in [1.807, 2.05) is 20.8 Å². The van der Waals surface area contributed by atoms with Gasteiger partial charge in [-0.2, -0.15) is 0 Å². The number of ether oxygens (including phenoxy) is 1. The number of hydrogen-bond acceptors (Lipinski definition) is 3. The molecule has 0 aromatic rings. The maximum absolute atomic E-state index is 11.2. The van der Waals surface area contributed by atoms with Crippen molar-refractivity contribution in [3.05, 3.63) is 0 Å². The third-order valence-electron chi connectivity index (χ3n) is 1.69. The van der Waals surface area contributed by atoms with Gasteiger partial charge >= 0.3 is 5.97 Å². The normalized spacial score (nSPS) is 13.4. The van der Waals surface area contributed by atoms with Crippen LogP contribution in [-0.2, 0) is 14.3 Å². The topological polar surface area (TPSA) is 69.4 Å². The summed E-state index contributed by atoms with van der Waals surface area (Å²) in [6.07, 6.45) is 0.686. The Morgan fingerprint density at radius 2 is 1.86 bits per heavy atom. The quantitative estimate of drug-likeness (QED) is 0.695. The van der Waals surface area contributed by atoms with Crippen molar-refractivity contribution < 1.29 is 14.3 Å². The molecule has 0 aliphatic rings. The second-order valence-corrected chi connectivity index (χ2v) is 4.43. The first-order chi connectivity index (χ1) is 6.22. The van der Waals surface area contributed by atoms with Crippen LogP contribution in [0.5, 0.6) is 0 Å². The van der Waals surface area contributed by atoms with Crippen molar-refractivity contribution in [1.29, 1.82) is 0 Å². The predicted molar refractivity (Wildman–Crippen MR) is 53.4 cm³/mol. The first-order valence-corrected chi connectivity index (χ1v) is 4.73. The largest absolute Gasteiger partial charge is 0.460 e. The van der Waals surface area contributed by atoms with E-state index in [1.165, 1.54) is 0 Å². The molecular formula is C10H19NO3. The Hall–Kier alpha value is -1.06. The Morgan fingerprint density at radius 1 is 1.36 bits per heavy atom. The van der Waals surface area contributed by atoms with Crippen LogP contribution in [0.3, 0.4) is 0 Å². The molecule has 0 radical (unpaired) electrons. The number of carbonyl (C=O) groups excluding carboxylic acids is 2. The van der Waals surface area contributed by atoms with Gasteiger partial charge in [-0.05, 0) is 27.2 Å². The van der Waals surface area contributed by atoms with Gasteiger partial charge in [-0.25, -0.2) is 0 Å². The van der Waals surface area contributed by atoms with Crippen LogP contribution in [-0.4, -0.2) is 17.5 Å². The fourth-order valence-corrected chi connectivity index (χ4v) is 0.869. The van der Waals surface area contributed by atoms with Crippen molar-refractivity contribution in [2.75, 3.05) is 0 Å². The van der Waals surface area contributed by atoms with Crippen molar-refractivity contribution in [3.63, 3.8) is 0 Å². The van der Waals surface area contributed by atoms with Gasteiger partial charge in [-0.1, -0.05) is 6.92 Å². The van der Waals surface area contributed by atoms with Crippen LogP contribution < -0.4 is 5.73 Å². The van der Waals surface area contributed by atoms with E-state index in [9.17, 15) is 9.59 Å². The number of primary amides is 1. The Balaban J connectivity index is 3.81. The maximum atomic E-state index is 11.2. The number of rotatable bonds is 4. The van der Waals surface area contributed by atoms with E-state index >= 15 is 0 Å². The average molecular weight is 201 g/mol. The SMILES string of the molecule is C[C@@H](CCC(=O)OC(C)(C)C)C(N)=O. The van der Waals surface area contributed by atoms with Gasteiger partial charge in [0.15, 0.2) is 0 Å². The highest BCUT2D eigenvalue weighted by atomic mass is 16.6. The van der Waals surface area contributed by atoms with Gasteiger partial charge in [-0.15, -0.1) is 0 Å². The lowest BCUT2D eigenvalue weighted by Crippen LogP contribution is -2.25. The van der Waals surface area contributed by atoms with E-state index in [0.717, 1.165) is 0 Å². The Morgan fingerprint density at radius 3 is 2.21 bits per heavy atom. The molecule has 0 aromatic carbocycles. The molecule has 0 heterocycles. The standard InChI is InChI=1S/C10H19NO3/c1-7(9(11)13)5-6-8(12)14-10(2,3)4/h7H,5-6H2,1-4H3,(H2,11,13)/t7-/m0/s1. The Kier molecular flexibility index (Phi) is 4.60. The molecule has 0 aromatic heterocycles. The summed E-state index contributed by atoms with van der Waals surface area (Å²) in [5, 5.41) is 0. The lowest BCUT2D eigenvalue weighted by Gasteiger charge is -2.19. The summed E-state index contributed by atoms with van der Waals surface area (Å²) < 4.78 is 5.08. The van der Waals surface area contributed by atoms with Gasteiger partial charge in [0.25, 0.3) is 0 Å². The monoisotopic (exact) mass is 201 g/mol. The molecule has 0 rings (SSSR count). The number of esters is 1. The summed E-state index contributed by atoms with van der Waals surface area (Å²) in [6.45, 7) is 7.12. The van der Waals surface area contributed by atoms with Crippen LogP contribution in [0, 0.1) is 5.92 Å². The summed E-state index contributed by atoms with van der Waals surface area (Å²) >= 11 is 0. The van der Waals surface area contributed by atoms with Crippen LogP contribution >= 0.6 is 0 Å². The van der Waals surface area contributed by atoms with Crippen molar-refractivity contribution in [3.8, 4) is 0 Å². The highest BCUT2D eigenvalue weighted by Gasteiger charge is 2.17. The first kappa shape index (κ1) is 12.9. The van der Waals surface area contributed by atoms with Crippen molar-refractivity contribution >= 4 is 11.9 Å². The fourth-order valence-electron chi connectivity index (χ4n) is 0.869. The van der Waals surface area contributed by atoms with Crippen LogP contribution in [0.2, 0.25) is 0 Å². The molecule has 0 fully saturated rings. The summed E-state index contributed by atoms with van der Waals surface area (Å²) in [5.74, 6) is -0.943. The van der Waals surface area contributed by atoms with E-state index in [4.69, 9.17) is 10.5 Å². The molecule has 0 bridgehead atoms. The lowest BCUT2D eigenvalue weighted by atomic mass is 10.1. The van der Waals surface area contributed by atoms with Crippen LogP contribution in [0.4, 0.5) is 0 Å². The van der Waals surface area contributed by atoms with Crippen LogP contribution in [0.1, 0.15) is 40.5 Å². The average Bonchev–Trinajstić information content (AvgIpc) is 1.96. The molecule has 0 saturated heterocycles. The minimum Gasteiger partial charge on any atom is -0.460 e. The van der Waals surface area contributed by atoms with E-state index in [2.05, 4.69) is 0 Å². The highest BCUT2D eigenvalue weighted by Crippen LogP contribution is 2.11. The number of hydrogen-bond donors (Lipinski definition) is 1. The van der Waals surface area contributed by atoms with Gasteiger partial charge in [0, 0.05) is 12.3 Å². The zero-order valence-corrected chi connectivity index (χ0v) is 9.29. The molecule has 0 saturated carbocycles. The van der Waals surface area contributed by atoms with Gasteiger partial charge < -0.3 is 10.5 Å². The van der Waals surface area contributed by atoms with Crippen LogP contribution in [0.25, 0.3) is 0 Å². The second kappa shape index (κ2) is 4.98. The van der Waals surface area contributed by atoms with E-state index in [1.54, 1.807) is 6.92 Å². The second-order valence-electron chi connectivity index (χ2n) is 4.43. The number of nitrogens with two attached hydrogens (primary N) is 1. The predicted octanol–water partition coefficient (Wildman–Crippen LogP) is 1.23. The van der Waals surface area contributed by atoms with Crippen molar-refractivity contribution in [2.24, 2.45) is 11.7 Å². The molecule has 4 heteroatoms. The molecule has 1 atom stereocenters. The molecule has 14 heavy (non-hydrogen) atoms.